The third kappa shape index (κ3) is 2.21. The van der Waals surface area contributed by atoms with Gasteiger partial charge in [-0.3, -0.25) is 4.90 Å². The number of piperazine rings is 1. The molecule has 0 unspecified atom stereocenters. The highest BCUT2D eigenvalue weighted by Gasteiger charge is 2.29. The first-order chi connectivity index (χ1) is 8.33. The zero-order valence-electron chi connectivity index (χ0n) is 9.88. The van der Waals surface area contributed by atoms with Crippen LogP contribution in [0, 0.1) is 0 Å². The summed E-state index contributed by atoms with van der Waals surface area (Å²) in [4.78, 5) is 9.17. The Hall–Kier alpha value is -1.33. The van der Waals surface area contributed by atoms with Gasteiger partial charge in [-0.25, -0.2) is 4.98 Å². The largest absolute Gasteiger partial charge is 0.384 e. The van der Waals surface area contributed by atoms with Gasteiger partial charge in [0.25, 0.3) is 0 Å². The molecule has 2 fully saturated rings. The summed E-state index contributed by atoms with van der Waals surface area (Å²) < 4.78 is 5.23. The van der Waals surface area contributed by atoms with Gasteiger partial charge in [-0.05, 0) is 12.1 Å². The number of hydrogen-bond donors (Lipinski definition) is 1. The van der Waals surface area contributed by atoms with Crippen molar-refractivity contribution in [1.82, 2.24) is 9.88 Å². The van der Waals surface area contributed by atoms with Crippen LogP contribution in [0.4, 0.5) is 11.6 Å². The molecule has 1 aromatic rings. The van der Waals surface area contributed by atoms with Gasteiger partial charge in [0.2, 0.25) is 0 Å². The minimum Gasteiger partial charge on any atom is -0.384 e. The summed E-state index contributed by atoms with van der Waals surface area (Å²) in [6, 6.07) is 6.46. The minimum atomic E-state index is 0.595. The predicted octanol–water partition coefficient (Wildman–Crippen LogP) is 0.185. The average Bonchev–Trinajstić information content (AvgIpc) is 2.28. The molecule has 0 aliphatic carbocycles. The molecule has 5 heteroatoms. The quantitative estimate of drug-likeness (QED) is 0.791. The van der Waals surface area contributed by atoms with Gasteiger partial charge in [0.15, 0.2) is 0 Å². The first-order valence-corrected chi connectivity index (χ1v) is 6.12. The summed E-state index contributed by atoms with van der Waals surface area (Å²) in [6.07, 6.45) is 0. The molecule has 92 valence electrons. The van der Waals surface area contributed by atoms with Gasteiger partial charge in [0.1, 0.15) is 11.6 Å². The van der Waals surface area contributed by atoms with Crippen molar-refractivity contribution in [3.8, 4) is 0 Å². The first kappa shape index (κ1) is 10.8. The summed E-state index contributed by atoms with van der Waals surface area (Å²) in [5.74, 6) is 1.59. The van der Waals surface area contributed by atoms with Crippen molar-refractivity contribution < 1.29 is 4.74 Å². The number of anilines is 2. The molecular weight excluding hydrogens is 216 g/mol. The molecule has 0 atom stereocenters. The van der Waals surface area contributed by atoms with Crippen molar-refractivity contribution >= 4 is 11.6 Å². The molecule has 17 heavy (non-hydrogen) atoms. The van der Waals surface area contributed by atoms with Crippen molar-refractivity contribution in [1.29, 1.82) is 0 Å². The molecule has 2 N–H and O–H groups in total. The summed E-state index contributed by atoms with van der Waals surface area (Å²) in [6.45, 7) is 6.02. The van der Waals surface area contributed by atoms with Crippen molar-refractivity contribution in [3.63, 3.8) is 0 Å². The van der Waals surface area contributed by atoms with E-state index in [-0.39, 0.29) is 0 Å². The molecular formula is C12H18N4O. The number of hydrogen-bond acceptors (Lipinski definition) is 5. The number of nitrogen functional groups attached to an aromatic ring is 1. The lowest BCUT2D eigenvalue weighted by Crippen LogP contribution is -2.56. The van der Waals surface area contributed by atoms with Crippen LogP contribution in [-0.2, 0) is 4.74 Å². The third-order valence-corrected chi connectivity index (χ3v) is 3.53. The maximum atomic E-state index is 5.71. The van der Waals surface area contributed by atoms with E-state index in [9.17, 15) is 0 Å². The van der Waals surface area contributed by atoms with E-state index in [2.05, 4.69) is 14.8 Å². The number of rotatable bonds is 2. The fraction of sp³-hybridized carbons (Fsp3) is 0.583. The molecule has 5 nitrogen and oxygen atoms in total. The van der Waals surface area contributed by atoms with E-state index in [0.717, 1.165) is 45.2 Å². The van der Waals surface area contributed by atoms with E-state index in [1.54, 1.807) is 0 Å². The van der Waals surface area contributed by atoms with Gasteiger partial charge in [-0.1, -0.05) is 6.07 Å². The van der Waals surface area contributed by atoms with Crippen LogP contribution in [0.15, 0.2) is 18.2 Å². The number of nitrogens with two attached hydrogens (primary N) is 1. The second-order valence-electron chi connectivity index (χ2n) is 4.63. The SMILES string of the molecule is Nc1cccc(N2CCN(C3COC3)CC2)n1. The Balaban J connectivity index is 1.60. The minimum absolute atomic E-state index is 0.595. The molecule has 0 spiro atoms. The zero-order valence-corrected chi connectivity index (χ0v) is 9.88. The van der Waals surface area contributed by atoms with Gasteiger partial charge in [-0.2, -0.15) is 0 Å². The van der Waals surface area contributed by atoms with Gasteiger partial charge < -0.3 is 15.4 Å². The Morgan fingerprint density at radius 1 is 1.18 bits per heavy atom. The van der Waals surface area contributed by atoms with E-state index in [4.69, 9.17) is 10.5 Å². The number of ether oxygens (including phenoxy) is 1. The standard InChI is InChI=1S/C12H18N4O/c13-11-2-1-3-12(14-11)16-6-4-15(5-7-16)10-8-17-9-10/h1-3,10H,4-9H2,(H2,13,14). The smallest absolute Gasteiger partial charge is 0.131 e. The molecule has 3 rings (SSSR count). The first-order valence-electron chi connectivity index (χ1n) is 6.12. The number of aromatic nitrogens is 1. The van der Waals surface area contributed by atoms with E-state index < -0.39 is 0 Å². The Morgan fingerprint density at radius 3 is 2.53 bits per heavy atom. The van der Waals surface area contributed by atoms with Crippen LogP contribution in [0.2, 0.25) is 0 Å². The predicted molar refractivity (Wildman–Crippen MR) is 67.0 cm³/mol. The van der Waals surface area contributed by atoms with Crippen LogP contribution in [0.5, 0.6) is 0 Å². The van der Waals surface area contributed by atoms with Crippen molar-refractivity contribution in [2.75, 3.05) is 50.0 Å². The van der Waals surface area contributed by atoms with Gasteiger partial charge in [-0.15, -0.1) is 0 Å². The van der Waals surface area contributed by atoms with Gasteiger partial charge in [0, 0.05) is 26.2 Å². The van der Waals surface area contributed by atoms with E-state index in [1.165, 1.54) is 0 Å². The van der Waals surface area contributed by atoms with Crippen molar-refractivity contribution in [2.24, 2.45) is 0 Å². The fourth-order valence-corrected chi connectivity index (χ4v) is 2.37. The molecule has 1 aromatic heterocycles. The molecule has 2 aliphatic heterocycles. The van der Waals surface area contributed by atoms with E-state index in [1.807, 2.05) is 18.2 Å². The maximum Gasteiger partial charge on any atom is 0.131 e. The lowest BCUT2D eigenvalue weighted by molar-refractivity contribution is -0.0660. The third-order valence-electron chi connectivity index (χ3n) is 3.53. The zero-order chi connectivity index (χ0) is 11.7. The molecule has 0 saturated carbocycles. The summed E-state index contributed by atoms with van der Waals surface area (Å²) >= 11 is 0. The molecule has 2 saturated heterocycles. The summed E-state index contributed by atoms with van der Waals surface area (Å²) in [7, 11) is 0. The molecule has 0 aromatic carbocycles. The van der Waals surface area contributed by atoms with Crippen LogP contribution in [0.1, 0.15) is 0 Å². The molecule has 3 heterocycles. The maximum absolute atomic E-state index is 5.71. The average molecular weight is 234 g/mol. The Bertz CT molecular complexity index is 386. The second kappa shape index (κ2) is 4.50. The van der Waals surface area contributed by atoms with Crippen LogP contribution in [0.3, 0.4) is 0 Å². The van der Waals surface area contributed by atoms with Gasteiger partial charge >= 0.3 is 0 Å². The van der Waals surface area contributed by atoms with Crippen LogP contribution >= 0.6 is 0 Å². The fourth-order valence-electron chi connectivity index (χ4n) is 2.37. The van der Waals surface area contributed by atoms with Crippen LogP contribution < -0.4 is 10.6 Å². The lowest BCUT2D eigenvalue weighted by atomic mass is 10.2. The molecule has 0 radical (unpaired) electrons. The Labute approximate surface area is 101 Å². The molecule has 0 bridgehead atoms. The van der Waals surface area contributed by atoms with Crippen molar-refractivity contribution in [2.45, 2.75) is 6.04 Å². The van der Waals surface area contributed by atoms with Crippen molar-refractivity contribution in [3.05, 3.63) is 18.2 Å². The summed E-state index contributed by atoms with van der Waals surface area (Å²) in [5, 5.41) is 0. The highest BCUT2D eigenvalue weighted by Crippen LogP contribution is 2.18. The van der Waals surface area contributed by atoms with Gasteiger partial charge in [0.05, 0.1) is 19.3 Å². The summed E-state index contributed by atoms with van der Waals surface area (Å²) in [5.41, 5.74) is 5.71. The Kier molecular flexibility index (Phi) is 2.86. The second-order valence-corrected chi connectivity index (χ2v) is 4.63. The highest BCUT2D eigenvalue weighted by molar-refractivity contribution is 5.45. The van der Waals surface area contributed by atoms with E-state index in [0.29, 0.717) is 11.9 Å². The normalized spacial score (nSPS) is 22.5. The monoisotopic (exact) mass is 234 g/mol. The van der Waals surface area contributed by atoms with Crippen LogP contribution in [-0.4, -0.2) is 55.3 Å². The van der Waals surface area contributed by atoms with E-state index >= 15 is 0 Å². The molecule has 0 amide bonds. The number of nitrogens with zero attached hydrogens (tertiary/aromatic N) is 3. The topological polar surface area (TPSA) is 54.6 Å². The van der Waals surface area contributed by atoms with Crippen LogP contribution in [0.25, 0.3) is 0 Å². The Morgan fingerprint density at radius 2 is 1.94 bits per heavy atom. The lowest BCUT2D eigenvalue weighted by Gasteiger charge is -2.42. The highest BCUT2D eigenvalue weighted by atomic mass is 16.5. The molecule has 2 aliphatic rings. The number of pyridine rings is 1.